The van der Waals surface area contributed by atoms with Crippen molar-refractivity contribution >= 4 is 40.1 Å². The Kier molecular flexibility index (Phi) is 6.67. The SMILES string of the molecule is COc1cc(OC)c(Cl)c(-c2cccc3ncc(N(C)CCN(C)C)nc23)c1Cl. The average Bonchev–Trinajstić information content (AvgIpc) is 2.72. The van der Waals surface area contributed by atoms with Gasteiger partial charge in [0.15, 0.2) is 0 Å². The van der Waals surface area contributed by atoms with E-state index in [0.717, 1.165) is 30.0 Å². The van der Waals surface area contributed by atoms with Crippen LogP contribution in [0.1, 0.15) is 0 Å². The van der Waals surface area contributed by atoms with Crippen LogP contribution >= 0.6 is 23.2 Å². The molecule has 8 heteroatoms. The van der Waals surface area contributed by atoms with Crippen LogP contribution in [0.25, 0.3) is 22.2 Å². The van der Waals surface area contributed by atoms with Crippen LogP contribution < -0.4 is 14.4 Å². The van der Waals surface area contributed by atoms with Crippen LogP contribution in [-0.2, 0) is 0 Å². The number of hydrogen-bond donors (Lipinski definition) is 0. The fraction of sp³-hybridized carbons (Fsp3) is 0.333. The van der Waals surface area contributed by atoms with Crippen molar-refractivity contribution in [1.29, 1.82) is 0 Å². The summed E-state index contributed by atoms with van der Waals surface area (Å²) in [5.74, 6) is 1.73. The van der Waals surface area contributed by atoms with Gasteiger partial charge in [-0.15, -0.1) is 0 Å². The van der Waals surface area contributed by atoms with Gasteiger partial charge in [-0.25, -0.2) is 4.98 Å². The minimum atomic E-state index is 0.402. The third-order valence-electron chi connectivity index (χ3n) is 4.68. The highest BCUT2D eigenvalue weighted by Crippen LogP contribution is 2.47. The molecule has 3 rings (SSSR count). The van der Waals surface area contributed by atoms with Gasteiger partial charge in [0.05, 0.1) is 41.5 Å². The molecule has 0 N–H and O–H groups in total. The van der Waals surface area contributed by atoms with E-state index >= 15 is 0 Å². The minimum Gasteiger partial charge on any atom is -0.495 e. The second-order valence-corrected chi connectivity index (χ2v) is 7.67. The van der Waals surface area contributed by atoms with Crippen molar-refractivity contribution in [3.8, 4) is 22.6 Å². The highest BCUT2D eigenvalue weighted by molar-refractivity contribution is 6.41. The normalized spacial score (nSPS) is 11.2. The maximum absolute atomic E-state index is 6.64. The largest absolute Gasteiger partial charge is 0.495 e. The number of aromatic nitrogens is 2. The highest BCUT2D eigenvalue weighted by atomic mass is 35.5. The lowest BCUT2D eigenvalue weighted by atomic mass is 10.0. The molecule has 0 aliphatic rings. The third-order valence-corrected chi connectivity index (χ3v) is 5.43. The van der Waals surface area contributed by atoms with Crippen molar-refractivity contribution in [3.05, 3.63) is 40.5 Å². The summed E-state index contributed by atoms with van der Waals surface area (Å²) in [5, 5.41) is 0.804. The smallest absolute Gasteiger partial charge is 0.147 e. The summed E-state index contributed by atoms with van der Waals surface area (Å²) in [6.45, 7) is 1.73. The van der Waals surface area contributed by atoms with Crippen LogP contribution in [0.3, 0.4) is 0 Å². The predicted molar refractivity (Wildman–Crippen MR) is 120 cm³/mol. The van der Waals surface area contributed by atoms with Gasteiger partial charge in [-0.2, -0.15) is 0 Å². The highest BCUT2D eigenvalue weighted by Gasteiger charge is 2.21. The lowest BCUT2D eigenvalue weighted by molar-refractivity contribution is 0.395. The van der Waals surface area contributed by atoms with Gasteiger partial charge in [0.25, 0.3) is 0 Å². The fourth-order valence-electron chi connectivity index (χ4n) is 3.00. The van der Waals surface area contributed by atoms with E-state index in [2.05, 4.69) is 14.8 Å². The van der Waals surface area contributed by atoms with Crippen LogP contribution in [0.2, 0.25) is 10.0 Å². The number of nitrogens with zero attached hydrogens (tertiary/aromatic N) is 4. The lowest BCUT2D eigenvalue weighted by Crippen LogP contribution is -2.29. The van der Waals surface area contributed by atoms with E-state index < -0.39 is 0 Å². The molecule has 0 unspecified atom stereocenters. The molecule has 3 aromatic rings. The van der Waals surface area contributed by atoms with Gasteiger partial charge in [0, 0.05) is 37.3 Å². The van der Waals surface area contributed by atoms with Gasteiger partial charge in [0.1, 0.15) is 17.3 Å². The van der Waals surface area contributed by atoms with E-state index in [1.165, 1.54) is 0 Å². The first kappa shape index (κ1) is 21.4. The summed E-state index contributed by atoms with van der Waals surface area (Å²) in [4.78, 5) is 13.7. The van der Waals surface area contributed by atoms with Crippen LogP contribution in [-0.4, -0.2) is 63.3 Å². The summed E-state index contributed by atoms with van der Waals surface area (Å²) < 4.78 is 10.8. The van der Waals surface area contributed by atoms with E-state index in [9.17, 15) is 0 Å². The maximum Gasteiger partial charge on any atom is 0.147 e. The molecule has 0 saturated heterocycles. The van der Waals surface area contributed by atoms with Gasteiger partial charge >= 0.3 is 0 Å². The van der Waals surface area contributed by atoms with E-state index in [1.54, 1.807) is 26.5 Å². The number of benzene rings is 2. The first-order chi connectivity index (χ1) is 13.9. The molecular formula is C21H24Cl2N4O2. The Hall–Kier alpha value is -2.28. The molecule has 0 aliphatic carbocycles. The predicted octanol–water partition coefficient (Wildman–Crippen LogP) is 4.62. The number of methoxy groups -OCH3 is 2. The van der Waals surface area contributed by atoms with Crippen molar-refractivity contribution in [2.75, 3.05) is 53.4 Å². The number of halogens is 2. The average molecular weight is 435 g/mol. The molecule has 0 bridgehead atoms. The number of hydrogen-bond acceptors (Lipinski definition) is 6. The quantitative estimate of drug-likeness (QED) is 0.540. The van der Waals surface area contributed by atoms with Gasteiger partial charge < -0.3 is 19.3 Å². The first-order valence-corrected chi connectivity index (χ1v) is 9.85. The molecule has 154 valence electrons. The molecular weight excluding hydrogens is 411 g/mol. The summed E-state index contributed by atoms with van der Waals surface area (Å²) in [5.41, 5.74) is 2.84. The molecule has 0 atom stereocenters. The number of para-hydroxylation sites is 1. The number of likely N-dealkylation sites (N-methyl/N-ethyl adjacent to an activating group) is 2. The zero-order valence-corrected chi connectivity index (χ0v) is 18.7. The molecule has 0 aliphatic heterocycles. The topological polar surface area (TPSA) is 50.7 Å². The molecule has 1 aromatic heterocycles. The molecule has 29 heavy (non-hydrogen) atoms. The van der Waals surface area contributed by atoms with E-state index in [0.29, 0.717) is 32.6 Å². The van der Waals surface area contributed by atoms with Crippen molar-refractivity contribution in [1.82, 2.24) is 14.9 Å². The summed E-state index contributed by atoms with van der Waals surface area (Å²) >= 11 is 13.3. The Morgan fingerprint density at radius 3 is 2.21 bits per heavy atom. The monoisotopic (exact) mass is 434 g/mol. The van der Waals surface area contributed by atoms with Gasteiger partial charge in [0.2, 0.25) is 0 Å². The standard InChI is InChI=1S/C21H24Cl2N4O2/c1-26(2)9-10-27(3)17-12-24-14-8-6-7-13(21(14)25-17)18-19(22)15(28-4)11-16(29-5)20(18)23/h6-8,11-12H,9-10H2,1-5H3. The molecule has 0 spiro atoms. The second-order valence-electron chi connectivity index (χ2n) is 6.91. The van der Waals surface area contributed by atoms with Gasteiger partial charge in [-0.1, -0.05) is 35.3 Å². The van der Waals surface area contributed by atoms with Gasteiger partial charge in [-0.3, -0.25) is 4.98 Å². The molecule has 0 radical (unpaired) electrons. The molecule has 6 nitrogen and oxygen atoms in total. The Morgan fingerprint density at radius 2 is 1.62 bits per heavy atom. The Morgan fingerprint density at radius 1 is 0.966 bits per heavy atom. The summed E-state index contributed by atoms with van der Waals surface area (Å²) in [7, 11) is 9.19. The zero-order chi connectivity index (χ0) is 21.1. The van der Waals surface area contributed by atoms with E-state index in [1.807, 2.05) is 39.3 Å². The van der Waals surface area contributed by atoms with Crippen molar-refractivity contribution < 1.29 is 9.47 Å². The van der Waals surface area contributed by atoms with E-state index in [4.69, 9.17) is 37.7 Å². The first-order valence-electron chi connectivity index (χ1n) is 9.09. The number of anilines is 1. The third kappa shape index (κ3) is 4.34. The zero-order valence-electron chi connectivity index (χ0n) is 17.2. The van der Waals surface area contributed by atoms with Crippen LogP contribution in [0, 0.1) is 0 Å². The Bertz CT molecular complexity index is 999. The van der Waals surface area contributed by atoms with Crippen LogP contribution in [0.15, 0.2) is 30.5 Å². The van der Waals surface area contributed by atoms with Crippen molar-refractivity contribution in [3.63, 3.8) is 0 Å². The Labute approximate surface area is 181 Å². The molecule has 1 heterocycles. The van der Waals surface area contributed by atoms with Crippen LogP contribution in [0.4, 0.5) is 5.82 Å². The number of fused-ring (bicyclic) bond motifs is 1. The molecule has 0 saturated carbocycles. The molecule has 0 amide bonds. The van der Waals surface area contributed by atoms with E-state index in [-0.39, 0.29) is 0 Å². The second kappa shape index (κ2) is 9.03. The Balaban J connectivity index is 2.19. The van der Waals surface area contributed by atoms with Crippen molar-refractivity contribution in [2.45, 2.75) is 0 Å². The summed E-state index contributed by atoms with van der Waals surface area (Å²) in [6.07, 6.45) is 1.77. The van der Waals surface area contributed by atoms with Gasteiger partial charge in [-0.05, 0) is 20.2 Å². The number of rotatable bonds is 7. The lowest BCUT2D eigenvalue weighted by Gasteiger charge is -2.21. The maximum atomic E-state index is 6.64. The fourth-order valence-corrected chi connectivity index (χ4v) is 3.70. The molecule has 2 aromatic carbocycles. The minimum absolute atomic E-state index is 0.402. The van der Waals surface area contributed by atoms with Crippen LogP contribution in [0.5, 0.6) is 11.5 Å². The van der Waals surface area contributed by atoms with Crippen molar-refractivity contribution in [2.24, 2.45) is 0 Å². The number of ether oxygens (including phenoxy) is 2. The summed E-state index contributed by atoms with van der Waals surface area (Å²) in [6, 6.07) is 7.41. The molecule has 0 fully saturated rings.